The summed E-state index contributed by atoms with van der Waals surface area (Å²) >= 11 is 1.93. The van der Waals surface area contributed by atoms with Crippen molar-refractivity contribution in [2.45, 2.75) is 43.8 Å². The lowest BCUT2D eigenvalue weighted by molar-refractivity contribution is 0.0325. The molecule has 2 aromatic rings. The highest BCUT2D eigenvalue weighted by atomic mass is 32.2. The van der Waals surface area contributed by atoms with Crippen LogP contribution < -0.4 is 5.32 Å². The Labute approximate surface area is 173 Å². The summed E-state index contributed by atoms with van der Waals surface area (Å²) in [5, 5.41) is 29.4. The van der Waals surface area contributed by atoms with Gasteiger partial charge in [0.25, 0.3) is 0 Å². The zero-order valence-electron chi connectivity index (χ0n) is 16.4. The van der Waals surface area contributed by atoms with E-state index in [2.05, 4.69) is 25.9 Å². The van der Waals surface area contributed by atoms with Crippen LogP contribution in [0.5, 0.6) is 0 Å². The minimum absolute atomic E-state index is 0.00667. The van der Waals surface area contributed by atoms with Crippen LogP contribution in [0.3, 0.4) is 0 Å². The summed E-state index contributed by atoms with van der Waals surface area (Å²) in [5.74, 6) is 2.67. The Balaban J connectivity index is 1.70. The van der Waals surface area contributed by atoms with Gasteiger partial charge in [0, 0.05) is 19.4 Å². The Kier molecular flexibility index (Phi) is 6.66. The summed E-state index contributed by atoms with van der Waals surface area (Å²) in [5.41, 5.74) is -0.360. The predicted molar refractivity (Wildman–Crippen MR) is 108 cm³/mol. The fourth-order valence-corrected chi connectivity index (χ4v) is 5.39. The number of ether oxygens (including phenoxy) is 1. The molecule has 0 amide bonds. The maximum absolute atomic E-state index is 15.0. The fraction of sp³-hybridized carbons (Fsp3) is 0.778. The first-order chi connectivity index (χ1) is 14.3. The van der Waals surface area contributed by atoms with Gasteiger partial charge in [0.05, 0.1) is 31.1 Å². The molecular weight excluding hydrogens is 397 g/mol. The molecule has 9 nitrogen and oxygen atoms in total. The third kappa shape index (κ3) is 4.26. The van der Waals surface area contributed by atoms with Crippen molar-refractivity contribution in [3.8, 4) is 0 Å². The van der Waals surface area contributed by atoms with Gasteiger partial charge in [-0.2, -0.15) is 16.9 Å². The van der Waals surface area contributed by atoms with E-state index in [0.717, 1.165) is 37.2 Å². The molecule has 0 bridgehead atoms. The molecule has 29 heavy (non-hydrogen) atoms. The van der Waals surface area contributed by atoms with Crippen LogP contribution in [0.15, 0.2) is 12.4 Å². The van der Waals surface area contributed by atoms with Crippen LogP contribution in [-0.4, -0.2) is 73.1 Å². The van der Waals surface area contributed by atoms with Crippen LogP contribution in [0.25, 0.3) is 0 Å². The molecule has 2 aliphatic rings. The van der Waals surface area contributed by atoms with Crippen molar-refractivity contribution in [2.24, 2.45) is 5.92 Å². The number of hydrogen-bond acceptors (Lipinski definition) is 8. The van der Waals surface area contributed by atoms with Crippen LogP contribution in [-0.2, 0) is 16.8 Å². The van der Waals surface area contributed by atoms with Crippen molar-refractivity contribution in [3.63, 3.8) is 0 Å². The number of aliphatic hydroxyl groups is 1. The van der Waals surface area contributed by atoms with E-state index in [1.807, 2.05) is 16.4 Å². The van der Waals surface area contributed by atoms with Crippen molar-refractivity contribution >= 4 is 17.4 Å². The first-order valence-corrected chi connectivity index (χ1v) is 11.3. The standard InChI is InChI=1S/C18H28FN7O2S/c19-13-18(14-1-7-28-8-2-14,21-15-11-20-25(12-15)5-6-27)17-22-23-24-26(17)16-3-9-29-10-4-16/h11-12,14,16,21,27H,1-10,13H2. The Morgan fingerprint density at radius 2 is 2.07 bits per heavy atom. The van der Waals surface area contributed by atoms with E-state index in [0.29, 0.717) is 31.3 Å². The van der Waals surface area contributed by atoms with Gasteiger partial charge in [-0.3, -0.25) is 4.68 Å². The average molecular weight is 426 g/mol. The number of thioether (sulfide) groups is 1. The largest absolute Gasteiger partial charge is 0.394 e. The van der Waals surface area contributed by atoms with Crippen LogP contribution >= 0.6 is 11.8 Å². The molecule has 2 aromatic heterocycles. The van der Waals surface area contributed by atoms with Gasteiger partial charge >= 0.3 is 0 Å². The van der Waals surface area contributed by atoms with E-state index in [9.17, 15) is 4.39 Å². The van der Waals surface area contributed by atoms with Crippen LogP contribution in [0.2, 0.25) is 0 Å². The molecule has 0 aliphatic carbocycles. The second-order valence-electron chi connectivity index (χ2n) is 7.62. The zero-order chi connectivity index (χ0) is 20.1. The molecular formula is C18H28FN7O2S. The minimum Gasteiger partial charge on any atom is -0.394 e. The molecule has 0 radical (unpaired) electrons. The number of tetrazole rings is 1. The summed E-state index contributed by atoms with van der Waals surface area (Å²) in [6.45, 7) is 0.941. The molecule has 160 valence electrons. The molecule has 2 fully saturated rings. The smallest absolute Gasteiger partial charge is 0.180 e. The SMILES string of the molecule is OCCn1cc(NC(CF)(c2nnnn2C2CCSCC2)C2CCOCC2)cn1. The summed E-state index contributed by atoms with van der Waals surface area (Å²) < 4.78 is 24.0. The van der Waals surface area contributed by atoms with E-state index < -0.39 is 12.2 Å². The Bertz CT molecular complexity index is 776. The molecule has 0 saturated carbocycles. The van der Waals surface area contributed by atoms with E-state index >= 15 is 0 Å². The molecule has 4 rings (SSSR count). The van der Waals surface area contributed by atoms with Gasteiger partial charge in [-0.05, 0) is 53.5 Å². The molecule has 11 heteroatoms. The number of rotatable bonds is 8. The van der Waals surface area contributed by atoms with Gasteiger partial charge in [0.2, 0.25) is 0 Å². The van der Waals surface area contributed by atoms with Gasteiger partial charge in [-0.25, -0.2) is 9.07 Å². The number of anilines is 1. The summed E-state index contributed by atoms with van der Waals surface area (Å²) in [6, 6.07) is 0.186. The first kappa shape index (κ1) is 20.5. The van der Waals surface area contributed by atoms with Gasteiger partial charge in [0.15, 0.2) is 5.82 Å². The second-order valence-corrected chi connectivity index (χ2v) is 8.85. The van der Waals surface area contributed by atoms with Crippen molar-refractivity contribution in [1.82, 2.24) is 30.0 Å². The van der Waals surface area contributed by atoms with Crippen LogP contribution in [0.4, 0.5) is 10.1 Å². The molecule has 2 N–H and O–H groups in total. The van der Waals surface area contributed by atoms with E-state index in [1.165, 1.54) is 0 Å². The quantitative estimate of drug-likeness (QED) is 0.658. The van der Waals surface area contributed by atoms with Gasteiger partial charge in [-0.1, -0.05) is 0 Å². The van der Waals surface area contributed by atoms with Gasteiger partial charge in [-0.15, -0.1) is 5.10 Å². The normalized spacial score (nSPS) is 21.2. The molecule has 4 heterocycles. The Hall–Kier alpha value is -1.72. The van der Waals surface area contributed by atoms with E-state index in [1.54, 1.807) is 17.1 Å². The Morgan fingerprint density at radius 3 is 2.79 bits per heavy atom. The number of nitrogens with one attached hydrogen (secondary N) is 1. The van der Waals surface area contributed by atoms with Crippen LogP contribution in [0, 0.1) is 5.92 Å². The lowest BCUT2D eigenvalue weighted by Gasteiger charge is -2.41. The lowest BCUT2D eigenvalue weighted by atomic mass is 9.78. The summed E-state index contributed by atoms with van der Waals surface area (Å²) in [6.07, 6.45) is 6.86. The molecule has 2 aliphatic heterocycles. The fourth-order valence-electron chi connectivity index (χ4n) is 4.31. The molecule has 0 aromatic carbocycles. The van der Waals surface area contributed by atoms with Gasteiger partial charge in [0.1, 0.15) is 12.2 Å². The highest BCUT2D eigenvalue weighted by Crippen LogP contribution is 2.40. The third-order valence-electron chi connectivity index (χ3n) is 5.89. The van der Waals surface area contributed by atoms with Crippen molar-refractivity contribution < 1.29 is 14.2 Å². The number of aliphatic hydroxyl groups excluding tert-OH is 1. The van der Waals surface area contributed by atoms with Crippen molar-refractivity contribution in [1.29, 1.82) is 0 Å². The highest BCUT2D eigenvalue weighted by molar-refractivity contribution is 7.99. The average Bonchev–Trinajstić information content (AvgIpc) is 3.43. The molecule has 0 spiro atoms. The summed E-state index contributed by atoms with van der Waals surface area (Å²) in [4.78, 5) is 0. The lowest BCUT2D eigenvalue weighted by Crippen LogP contribution is -2.49. The number of alkyl halides is 1. The van der Waals surface area contributed by atoms with Gasteiger partial charge < -0.3 is 15.2 Å². The zero-order valence-corrected chi connectivity index (χ0v) is 17.2. The monoisotopic (exact) mass is 425 g/mol. The number of hydrogen-bond donors (Lipinski definition) is 2. The number of nitrogens with zero attached hydrogens (tertiary/aromatic N) is 6. The predicted octanol–water partition coefficient (Wildman–Crippen LogP) is 1.63. The maximum atomic E-state index is 15.0. The van der Waals surface area contributed by atoms with Crippen molar-refractivity contribution in [2.75, 3.05) is 43.3 Å². The van der Waals surface area contributed by atoms with E-state index in [4.69, 9.17) is 9.84 Å². The molecule has 2 saturated heterocycles. The summed E-state index contributed by atoms with van der Waals surface area (Å²) in [7, 11) is 0. The van der Waals surface area contributed by atoms with E-state index in [-0.39, 0.29) is 18.6 Å². The number of halogens is 1. The molecule has 1 unspecified atom stereocenters. The topological polar surface area (TPSA) is 103 Å². The first-order valence-electron chi connectivity index (χ1n) is 10.2. The maximum Gasteiger partial charge on any atom is 0.180 e. The second kappa shape index (κ2) is 9.40. The number of aromatic nitrogens is 6. The Morgan fingerprint density at radius 1 is 1.28 bits per heavy atom. The highest BCUT2D eigenvalue weighted by Gasteiger charge is 2.47. The van der Waals surface area contributed by atoms with Crippen LogP contribution in [0.1, 0.15) is 37.5 Å². The molecule has 1 atom stereocenters. The minimum atomic E-state index is -1.05. The van der Waals surface area contributed by atoms with Crippen molar-refractivity contribution in [3.05, 3.63) is 18.2 Å². The third-order valence-corrected chi connectivity index (χ3v) is 6.94.